The Morgan fingerprint density at radius 1 is 1.39 bits per heavy atom. The molecule has 0 radical (unpaired) electrons. The summed E-state index contributed by atoms with van der Waals surface area (Å²) in [7, 11) is 0. The van der Waals surface area contributed by atoms with Gasteiger partial charge in [-0.25, -0.2) is 9.79 Å². The smallest absolute Gasteiger partial charge is 0.444 e. The summed E-state index contributed by atoms with van der Waals surface area (Å²) < 4.78 is 40.6. The predicted molar refractivity (Wildman–Crippen MR) is 59.6 cm³/mol. The Morgan fingerprint density at radius 2 is 1.89 bits per heavy atom. The molecule has 0 fully saturated rings. The van der Waals surface area contributed by atoms with Crippen molar-refractivity contribution in [3.05, 3.63) is 0 Å². The van der Waals surface area contributed by atoms with Crippen LogP contribution in [0.3, 0.4) is 0 Å². The number of amidine groups is 2. The maximum Gasteiger partial charge on any atom is 0.450 e. The molecule has 104 valence electrons. The Balaban J connectivity index is 4.27. The first-order valence-electron chi connectivity index (χ1n) is 4.87. The first-order chi connectivity index (χ1) is 7.92. The number of nitrogens with one attached hydrogen (secondary N) is 2. The van der Waals surface area contributed by atoms with E-state index >= 15 is 0 Å². The molecule has 4 N–H and O–H groups in total. The highest BCUT2D eigenvalue weighted by atomic mass is 19.4. The summed E-state index contributed by atoms with van der Waals surface area (Å²) in [5, 5.41) is 8.68. The molecule has 1 amide bonds. The van der Waals surface area contributed by atoms with Gasteiger partial charge in [-0.15, -0.1) is 0 Å². The molecular weight excluding hydrogens is 253 g/mol. The van der Waals surface area contributed by atoms with Gasteiger partial charge in [0.1, 0.15) is 11.4 Å². The van der Waals surface area contributed by atoms with Crippen molar-refractivity contribution < 1.29 is 22.7 Å². The molecule has 0 bridgehead atoms. The summed E-state index contributed by atoms with van der Waals surface area (Å²) in [5.41, 5.74) is 4.39. The highest BCUT2D eigenvalue weighted by molar-refractivity contribution is 5.98. The number of halogens is 3. The second-order valence-corrected chi connectivity index (χ2v) is 4.30. The predicted octanol–water partition coefficient (Wildman–Crippen LogP) is 1.41. The molecule has 0 saturated carbocycles. The maximum atomic E-state index is 11.9. The van der Waals surface area contributed by atoms with Crippen LogP contribution in [0.15, 0.2) is 4.99 Å². The van der Waals surface area contributed by atoms with Gasteiger partial charge >= 0.3 is 12.3 Å². The van der Waals surface area contributed by atoms with Crippen molar-refractivity contribution in [3.8, 4) is 0 Å². The van der Waals surface area contributed by atoms with Gasteiger partial charge in [0.25, 0.3) is 0 Å². The van der Waals surface area contributed by atoms with Crippen LogP contribution in [0.25, 0.3) is 0 Å². The number of nitrogens with zero attached hydrogens (tertiary/aromatic N) is 1. The number of alkyl halides is 3. The van der Waals surface area contributed by atoms with Gasteiger partial charge in [-0.2, -0.15) is 13.2 Å². The second kappa shape index (κ2) is 5.69. The topological polar surface area (TPSA) is 101 Å². The number of amides is 1. The second-order valence-electron chi connectivity index (χ2n) is 4.30. The van der Waals surface area contributed by atoms with Gasteiger partial charge < -0.3 is 15.8 Å². The molecule has 0 aromatic rings. The summed E-state index contributed by atoms with van der Waals surface area (Å²) in [6.45, 7) is 4.45. The van der Waals surface area contributed by atoms with Crippen LogP contribution in [0.5, 0.6) is 0 Å². The van der Waals surface area contributed by atoms with Gasteiger partial charge in [-0.1, -0.05) is 0 Å². The average molecular weight is 268 g/mol. The number of hydrogen-bond acceptors (Lipinski definition) is 3. The van der Waals surface area contributed by atoms with E-state index in [4.69, 9.17) is 15.9 Å². The standard InChI is InChI=1S/C9H15F3N4O2/c1-8(2,3)18-7(17)15-4-5(13)16-6(14)9(10,11)12/h4H2,1-3H3,(H,15,17)(H3,13,14,16). The number of ether oxygens (including phenoxy) is 1. The molecule has 0 unspecified atom stereocenters. The zero-order chi connectivity index (χ0) is 14.6. The summed E-state index contributed by atoms with van der Waals surface area (Å²) >= 11 is 0. The number of hydrogen-bond donors (Lipinski definition) is 3. The minimum absolute atomic E-state index is 0.437. The van der Waals surface area contributed by atoms with Crippen molar-refractivity contribution in [2.75, 3.05) is 6.54 Å². The van der Waals surface area contributed by atoms with Crippen molar-refractivity contribution >= 4 is 17.8 Å². The van der Waals surface area contributed by atoms with Crippen molar-refractivity contribution in [2.24, 2.45) is 10.7 Å². The molecule has 18 heavy (non-hydrogen) atoms. The van der Waals surface area contributed by atoms with E-state index in [2.05, 4.69) is 10.3 Å². The molecule has 0 aliphatic rings. The molecule has 0 atom stereocenters. The van der Waals surface area contributed by atoms with Crippen molar-refractivity contribution in [2.45, 2.75) is 32.5 Å². The largest absolute Gasteiger partial charge is 0.450 e. The van der Waals surface area contributed by atoms with E-state index in [1.165, 1.54) is 0 Å². The fourth-order valence-electron chi connectivity index (χ4n) is 0.723. The van der Waals surface area contributed by atoms with E-state index in [0.29, 0.717) is 0 Å². The van der Waals surface area contributed by atoms with E-state index in [1.54, 1.807) is 20.8 Å². The number of carbonyl (C=O) groups is 1. The van der Waals surface area contributed by atoms with Gasteiger partial charge in [-0.05, 0) is 20.8 Å². The average Bonchev–Trinajstić information content (AvgIpc) is 2.10. The zero-order valence-corrected chi connectivity index (χ0v) is 10.2. The van der Waals surface area contributed by atoms with Gasteiger partial charge in [0.15, 0.2) is 0 Å². The van der Waals surface area contributed by atoms with Crippen LogP contribution >= 0.6 is 0 Å². The zero-order valence-electron chi connectivity index (χ0n) is 10.2. The molecular formula is C9H15F3N4O2. The van der Waals surface area contributed by atoms with E-state index in [-0.39, 0.29) is 0 Å². The highest BCUT2D eigenvalue weighted by Gasteiger charge is 2.34. The summed E-state index contributed by atoms with van der Waals surface area (Å²) in [5.74, 6) is -2.37. The molecule has 0 aromatic heterocycles. The van der Waals surface area contributed by atoms with Crippen molar-refractivity contribution in [1.82, 2.24) is 5.32 Å². The third-order valence-electron chi connectivity index (χ3n) is 1.34. The molecule has 0 heterocycles. The van der Waals surface area contributed by atoms with Crippen LogP contribution in [-0.4, -0.2) is 36.1 Å². The molecule has 0 aromatic carbocycles. The molecule has 0 aliphatic heterocycles. The lowest BCUT2D eigenvalue weighted by Crippen LogP contribution is -2.38. The van der Waals surface area contributed by atoms with Crippen LogP contribution in [0.1, 0.15) is 20.8 Å². The van der Waals surface area contributed by atoms with Crippen LogP contribution in [0, 0.1) is 5.41 Å². The molecule has 0 saturated heterocycles. The number of carbonyl (C=O) groups excluding carboxylic acids is 1. The molecule has 6 nitrogen and oxygen atoms in total. The van der Waals surface area contributed by atoms with Crippen LogP contribution < -0.4 is 11.1 Å². The molecule has 0 aliphatic carbocycles. The van der Waals surface area contributed by atoms with E-state index < -0.39 is 36.1 Å². The monoisotopic (exact) mass is 268 g/mol. The normalized spacial score (nSPS) is 13.1. The minimum atomic E-state index is -4.86. The Bertz CT molecular complexity index is 358. The first-order valence-corrected chi connectivity index (χ1v) is 4.87. The number of alkyl carbamates (subject to hydrolysis) is 1. The molecule has 0 rings (SSSR count). The number of nitrogens with two attached hydrogens (primary N) is 1. The quantitative estimate of drug-likeness (QED) is 0.521. The lowest BCUT2D eigenvalue weighted by atomic mass is 10.2. The molecule has 0 spiro atoms. The summed E-state index contributed by atoms with van der Waals surface area (Å²) in [6, 6.07) is 0. The SMILES string of the molecule is CC(C)(C)OC(=O)NCC(N)=NC(=N)C(F)(F)F. The minimum Gasteiger partial charge on any atom is -0.444 e. The number of aliphatic imine (C=N–C) groups is 1. The summed E-state index contributed by atoms with van der Waals surface area (Å²) in [4.78, 5) is 13.9. The van der Waals surface area contributed by atoms with Crippen molar-refractivity contribution in [1.29, 1.82) is 5.41 Å². The Labute approximate surface area is 102 Å². The van der Waals surface area contributed by atoms with Gasteiger partial charge in [-0.3, -0.25) is 5.41 Å². The highest BCUT2D eigenvalue weighted by Crippen LogP contribution is 2.16. The lowest BCUT2D eigenvalue weighted by molar-refractivity contribution is -0.0604. The van der Waals surface area contributed by atoms with E-state index in [0.717, 1.165) is 0 Å². The fourth-order valence-corrected chi connectivity index (χ4v) is 0.723. The van der Waals surface area contributed by atoms with Gasteiger partial charge in [0, 0.05) is 0 Å². The van der Waals surface area contributed by atoms with Crippen LogP contribution in [0.2, 0.25) is 0 Å². The van der Waals surface area contributed by atoms with E-state index in [9.17, 15) is 18.0 Å². The van der Waals surface area contributed by atoms with Crippen molar-refractivity contribution in [3.63, 3.8) is 0 Å². The Kier molecular flexibility index (Phi) is 5.12. The lowest BCUT2D eigenvalue weighted by Gasteiger charge is -2.19. The Morgan fingerprint density at radius 3 is 2.28 bits per heavy atom. The van der Waals surface area contributed by atoms with Gasteiger partial charge in [0.2, 0.25) is 5.84 Å². The molecule has 9 heteroatoms. The maximum absolute atomic E-state index is 11.9. The first kappa shape index (κ1) is 16.2. The van der Waals surface area contributed by atoms with E-state index in [1.807, 2.05) is 0 Å². The van der Waals surface area contributed by atoms with Crippen LogP contribution in [0.4, 0.5) is 18.0 Å². The third kappa shape index (κ3) is 7.47. The van der Waals surface area contributed by atoms with Gasteiger partial charge in [0.05, 0.1) is 6.54 Å². The Hall–Kier alpha value is -1.80. The number of rotatable bonds is 2. The summed E-state index contributed by atoms with van der Waals surface area (Å²) in [6.07, 6.45) is -5.70. The van der Waals surface area contributed by atoms with Crippen LogP contribution in [-0.2, 0) is 4.74 Å². The third-order valence-corrected chi connectivity index (χ3v) is 1.34. The fraction of sp³-hybridized carbons (Fsp3) is 0.667.